The molecule has 0 bridgehead atoms. The molecule has 1 aliphatic carbocycles. The van der Waals surface area contributed by atoms with Crippen LogP contribution in [0.15, 0.2) is 235 Å². The van der Waals surface area contributed by atoms with Gasteiger partial charge in [-0.05, 0) is 166 Å². The number of anilines is 6. The van der Waals surface area contributed by atoms with Crippen molar-refractivity contribution >= 4 is 77.6 Å². The predicted octanol–water partition coefficient (Wildman–Crippen LogP) is 22.4. The summed E-state index contributed by atoms with van der Waals surface area (Å²) in [5.74, 6) is 0. The van der Waals surface area contributed by atoms with Gasteiger partial charge in [0.2, 0.25) is 0 Å². The van der Waals surface area contributed by atoms with Crippen LogP contribution in [0.4, 0.5) is 34.1 Å². The summed E-state index contributed by atoms with van der Waals surface area (Å²) in [5, 5.41) is 6.94. The number of hydrogen-bond acceptors (Lipinski definition) is 3. The molecule has 0 radical (unpaired) electrons. The van der Waals surface area contributed by atoms with Gasteiger partial charge >= 0.3 is 0 Å². The largest absolute Gasteiger partial charge is 0.455 e. The third-order valence-corrected chi connectivity index (χ3v) is 17.5. The van der Waals surface area contributed by atoms with E-state index in [1.165, 1.54) is 71.6 Å². The highest BCUT2D eigenvalue weighted by molar-refractivity contribution is 6.26. The Hall–Kier alpha value is -8.66. The number of para-hydroxylation sites is 1. The van der Waals surface area contributed by atoms with Gasteiger partial charge in [-0.1, -0.05) is 241 Å². The topological polar surface area (TPSA) is 19.6 Å². The third-order valence-electron chi connectivity index (χ3n) is 17.5. The smallest absolute Gasteiger partial charge is 0.145 e. The maximum atomic E-state index is 7.54. The van der Waals surface area contributed by atoms with Crippen LogP contribution in [0.25, 0.3) is 54.6 Å². The van der Waals surface area contributed by atoms with Crippen LogP contribution in [0.5, 0.6) is 0 Å². The highest BCUT2D eigenvalue weighted by Crippen LogP contribution is 2.64. The van der Waals surface area contributed by atoms with E-state index in [2.05, 4.69) is 323 Å². The second-order valence-electron chi connectivity index (χ2n) is 27.0. The Morgan fingerprint density at radius 3 is 1.16 bits per heavy atom. The maximum Gasteiger partial charge on any atom is 0.145 e. The van der Waals surface area contributed by atoms with Crippen molar-refractivity contribution < 1.29 is 4.42 Å². The van der Waals surface area contributed by atoms with Crippen molar-refractivity contribution in [3.63, 3.8) is 0 Å². The molecule has 406 valence electrons. The highest BCUT2D eigenvalue weighted by atomic mass is 16.3. The molecular weight excluding hydrogens is 993 g/mol. The van der Waals surface area contributed by atoms with E-state index in [0.29, 0.717) is 0 Å². The van der Waals surface area contributed by atoms with E-state index in [0.717, 1.165) is 61.6 Å². The van der Waals surface area contributed by atoms with Crippen LogP contribution in [-0.2, 0) is 27.1 Å². The first-order valence-electron chi connectivity index (χ1n) is 29.3. The molecule has 1 heterocycles. The summed E-state index contributed by atoms with van der Waals surface area (Å²) in [7, 11) is 0. The average Bonchev–Trinajstić information content (AvgIpc) is 1.81. The number of nitrogens with zero attached hydrogens (tertiary/aromatic N) is 2. The molecule has 11 aromatic carbocycles. The zero-order valence-electron chi connectivity index (χ0n) is 49.7. The summed E-state index contributed by atoms with van der Waals surface area (Å²) in [6.07, 6.45) is 0. The Kier molecular flexibility index (Phi) is 12.4. The van der Waals surface area contributed by atoms with Crippen molar-refractivity contribution in [3.8, 4) is 11.1 Å². The van der Waals surface area contributed by atoms with E-state index in [4.69, 9.17) is 4.42 Å². The van der Waals surface area contributed by atoms with Crippen molar-refractivity contribution in [1.29, 1.82) is 0 Å². The minimum atomic E-state index is -0.817. The van der Waals surface area contributed by atoms with Crippen LogP contribution in [0.1, 0.15) is 128 Å². The summed E-state index contributed by atoms with van der Waals surface area (Å²) < 4.78 is 7.54. The molecule has 12 aromatic rings. The van der Waals surface area contributed by atoms with Crippen LogP contribution in [-0.4, -0.2) is 0 Å². The Bertz CT molecular complexity index is 4210. The van der Waals surface area contributed by atoms with Crippen LogP contribution in [0.2, 0.25) is 0 Å². The number of hydrogen-bond donors (Lipinski definition) is 0. The first kappa shape index (κ1) is 52.7. The lowest BCUT2D eigenvalue weighted by Crippen LogP contribution is -2.29. The molecule has 0 saturated carbocycles. The zero-order chi connectivity index (χ0) is 57.1. The molecule has 0 spiro atoms. The fourth-order valence-electron chi connectivity index (χ4n) is 13.2. The molecule has 0 unspecified atom stereocenters. The number of benzene rings is 11. The van der Waals surface area contributed by atoms with Gasteiger partial charge in [0.15, 0.2) is 0 Å². The third kappa shape index (κ3) is 8.62. The molecule has 0 fully saturated rings. The van der Waals surface area contributed by atoms with Crippen LogP contribution < -0.4 is 9.80 Å². The standard InChI is InChI=1S/C79H74N2O/c1-75(2,3)51-31-39-57(40-32-51)80(58-41-33-52(34-42-58)76(4,5)6)61-47-48-64-66(49-61)62-27-19-20-28-63(62)71-72-67(79(73(64)71,55-23-15-13-16-24-55)56-25-17-14-18-26-56)50-68(70-65-29-21-22-30-69(65)82-74(70)72)81(59-43-35-53(36-44-59)77(7,8)9)60-45-37-54(38-46-60)78(10,11)12/h13-50H,1-12H3. The normalized spacial score (nSPS) is 13.5. The molecule has 1 aromatic heterocycles. The summed E-state index contributed by atoms with van der Waals surface area (Å²) in [6, 6.07) is 87.0. The summed E-state index contributed by atoms with van der Waals surface area (Å²) in [6.45, 7) is 27.5. The summed E-state index contributed by atoms with van der Waals surface area (Å²) in [4.78, 5) is 4.93. The van der Waals surface area contributed by atoms with Crippen molar-refractivity contribution in [2.24, 2.45) is 0 Å². The fraction of sp³-hybridized carbons (Fsp3) is 0.215. The maximum absolute atomic E-state index is 7.54. The molecule has 0 atom stereocenters. The Morgan fingerprint density at radius 2 is 0.707 bits per heavy atom. The molecule has 3 nitrogen and oxygen atoms in total. The molecule has 82 heavy (non-hydrogen) atoms. The van der Waals surface area contributed by atoms with Gasteiger partial charge in [-0.3, -0.25) is 0 Å². The van der Waals surface area contributed by atoms with Crippen LogP contribution in [0.3, 0.4) is 0 Å². The van der Waals surface area contributed by atoms with E-state index >= 15 is 0 Å². The van der Waals surface area contributed by atoms with E-state index in [-0.39, 0.29) is 21.7 Å². The molecular formula is C79H74N2O. The minimum Gasteiger partial charge on any atom is -0.455 e. The lowest BCUT2D eigenvalue weighted by atomic mass is 9.66. The first-order valence-corrected chi connectivity index (χ1v) is 29.3. The predicted molar refractivity (Wildman–Crippen MR) is 350 cm³/mol. The van der Waals surface area contributed by atoms with E-state index in [1.54, 1.807) is 0 Å². The molecule has 0 saturated heterocycles. The lowest BCUT2D eigenvalue weighted by molar-refractivity contribution is 0.590. The van der Waals surface area contributed by atoms with Gasteiger partial charge in [-0.2, -0.15) is 0 Å². The zero-order valence-corrected chi connectivity index (χ0v) is 49.7. The quantitative estimate of drug-likeness (QED) is 0.141. The van der Waals surface area contributed by atoms with Gasteiger partial charge in [-0.15, -0.1) is 0 Å². The van der Waals surface area contributed by atoms with Crippen molar-refractivity contribution in [2.45, 2.75) is 110 Å². The second kappa shape index (κ2) is 19.2. The van der Waals surface area contributed by atoms with Gasteiger partial charge < -0.3 is 14.2 Å². The molecule has 3 heteroatoms. The molecule has 0 amide bonds. The van der Waals surface area contributed by atoms with Gasteiger partial charge in [0, 0.05) is 39.4 Å². The summed E-state index contributed by atoms with van der Waals surface area (Å²) >= 11 is 0. The van der Waals surface area contributed by atoms with E-state index in [1.807, 2.05) is 0 Å². The average molecular weight is 1070 g/mol. The van der Waals surface area contributed by atoms with Gasteiger partial charge in [-0.25, -0.2) is 0 Å². The molecule has 13 rings (SSSR count). The molecule has 0 aliphatic heterocycles. The SMILES string of the molecule is CC(C)(C)c1ccc(N(c2ccc(C(C)(C)C)cc2)c2ccc3c4c(c5ccccc5c3c2)-c2c(cc(N(c3ccc(C(C)(C)C)cc3)c3ccc(C(C)(C)C)cc3)c3c2oc2ccccc23)C4(c2ccccc2)c2ccccc2)cc1. The van der Waals surface area contributed by atoms with Gasteiger partial charge in [0.1, 0.15) is 11.2 Å². The number of rotatable bonds is 8. The Balaban J connectivity index is 1.16. The van der Waals surface area contributed by atoms with Gasteiger partial charge in [0.05, 0.1) is 16.5 Å². The van der Waals surface area contributed by atoms with Crippen molar-refractivity contribution in [2.75, 3.05) is 9.80 Å². The van der Waals surface area contributed by atoms with E-state index in [9.17, 15) is 0 Å². The Morgan fingerprint density at radius 1 is 0.317 bits per heavy atom. The summed E-state index contributed by atoms with van der Waals surface area (Å²) in [5.41, 5.74) is 19.8. The second-order valence-corrected chi connectivity index (χ2v) is 27.0. The minimum absolute atomic E-state index is 0.0178. The lowest BCUT2D eigenvalue weighted by Gasteiger charge is -2.36. The van der Waals surface area contributed by atoms with Crippen molar-refractivity contribution in [1.82, 2.24) is 0 Å². The number of fused-ring (bicyclic) bond motifs is 12. The van der Waals surface area contributed by atoms with Crippen LogP contribution >= 0.6 is 0 Å². The van der Waals surface area contributed by atoms with Crippen LogP contribution in [0, 0.1) is 0 Å². The first-order chi connectivity index (χ1) is 39.2. The molecule has 0 N–H and O–H groups in total. The molecule has 1 aliphatic rings. The Labute approximate surface area is 485 Å². The highest BCUT2D eigenvalue weighted by Gasteiger charge is 2.50. The van der Waals surface area contributed by atoms with Gasteiger partial charge in [0.25, 0.3) is 0 Å². The number of furan rings is 1. The monoisotopic (exact) mass is 1070 g/mol. The van der Waals surface area contributed by atoms with E-state index < -0.39 is 5.41 Å². The van der Waals surface area contributed by atoms with Crippen molar-refractivity contribution in [3.05, 3.63) is 275 Å². The fourth-order valence-corrected chi connectivity index (χ4v) is 13.2.